The number of ether oxygens (including phenoxy) is 1. The van der Waals surface area contributed by atoms with Crippen molar-refractivity contribution in [1.29, 1.82) is 0 Å². The molecule has 0 aromatic heterocycles. The number of halogens is 1. The SMILES string of the molecule is COc1cccc(NC(=O)[C@H](Sc2ccccc2F)c2ccccc2)c1. The van der Waals surface area contributed by atoms with Crippen LogP contribution in [-0.2, 0) is 4.79 Å². The van der Waals surface area contributed by atoms with E-state index in [-0.39, 0.29) is 11.7 Å². The molecule has 0 aliphatic carbocycles. The van der Waals surface area contributed by atoms with Gasteiger partial charge in [0.05, 0.1) is 7.11 Å². The number of hydrogen-bond donors (Lipinski definition) is 1. The van der Waals surface area contributed by atoms with Crippen LogP contribution in [-0.4, -0.2) is 13.0 Å². The second-order valence-electron chi connectivity index (χ2n) is 5.56. The van der Waals surface area contributed by atoms with E-state index in [1.165, 1.54) is 17.8 Å². The highest BCUT2D eigenvalue weighted by molar-refractivity contribution is 8.00. The van der Waals surface area contributed by atoms with Gasteiger partial charge in [0.2, 0.25) is 5.91 Å². The van der Waals surface area contributed by atoms with E-state index in [0.717, 1.165) is 5.56 Å². The maximum Gasteiger partial charge on any atom is 0.242 e. The van der Waals surface area contributed by atoms with Crippen molar-refractivity contribution < 1.29 is 13.9 Å². The van der Waals surface area contributed by atoms with Crippen LogP contribution in [0.1, 0.15) is 10.8 Å². The number of methoxy groups -OCH3 is 1. The van der Waals surface area contributed by atoms with Gasteiger partial charge in [-0.25, -0.2) is 4.39 Å². The van der Waals surface area contributed by atoms with Gasteiger partial charge in [-0.1, -0.05) is 48.5 Å². The van der Waals surface area contributed by atoms with Crippen LogP contribution in [0.15, 0.2) is 83.8 Å². The van der Waals surface area contributed by atoms with E-state index in [1.54, 1.807) is 49.6 Å². The van der Waals surface area contributed by atoms with Crippen molar-refractivity contribution in [1.82, 2.24) is 0 Å². The largest absolute Gasteiger partial charge is 0.497 e. The zero-order valence-corrected chi connectivity index (χ0v) is 15.0. The van der Waals surface area contributed by atoms with Gasteiger partial charge in [0.1, 0.15) is 16.8 Å². The molecule has 0 aliphatic rings. The average molecular weight is 367 g/mol. The van der Waals surface area contributed by atoms with E-state index in [9.17, 15) is 9.18 Å². The van der Waals surface area contributed by atoms with Crippen molar-refractivity contribution >= 4 is 23.4 Å². The number of benzene rings is 3. The van der Waals surface area contributed by atoms with Gasteiger partial charge in [0, 0.05) is 16.6 Å². The normalized spacial score (nSPS) is 11.6. The summed E-state index contributed by atoms with van der Waals surface area (Å²) >= 11 is 1.19. The Morgan fingerprint density at radius 3 is 2.46 bits per heavy atom. The summed E-state index contributed by atoms with van der Waals surface area (Å²) in [5.41, 5.74) is 1.44. The van der Waals surface area contributed by atoms with Crippen molar-refractivity contribution in [3.63, 3.8) is 0 Å². The van der Waals surface area contributed by atoms with Crippen LogP contribution < -0.4 is 10.1 Å². The van der Waals surface area contributed by atoms with E-state index >= 15 is 0 Å². The first-order chi connectivity index (χ1) is 12.7. The van der Waals surface area contributed by atoms with Crippen molar-refractivity contribution in [2.24, 2.45) is 0 Å². The molecule has 0 bridgehead atoms. The van der Waals surface area contributed by atoms with E-state index in [4.69, 9.17) is 4.74 Å². The third-order valence-corrected chi connectivity index (χ3v) is 5.07. The summed E-state index contributed by atoms with van der Waals surface area (Å²) in [6.07, 6.45) is 0. The molecule has 132 valence electrons. The van der Waals surface area contributed by atoms with Crippen molar-refractivity contribution in [2.45, 2.75) is 10.1 Å². The minimum Gasteiger partial charge on any atom is -0.497 e. The van der Waals surface area contributed by atoms with E-state index < -0.39 is 5.25 Å². The van der Waals surface area contributed by atoms with Gasteiger partial charge in [-0.05, 0) is 29.8 Å². The molecule has 5 heteroatoms. The second kappa shape index (κ2) is 8.54. The minimum absolute atomic E-state index is 0.224. The first kappa shape index (κ1) is 18.0. The lowest BCUT2D eigenvalue weighted by atomic mass is 10.1. The highest BCUT2D eigenvalue weighted by Gasteiger charge is 2.23. The van der Waals surface area contributed by atoms with E-state index in [0.29, 0.717) is 16.3 Å². The molecule has 3 aromatic rings. The first-order valence-electron chi connectivity index (χ1n) is 8.08. The molecule has 3 aromatic carbocycles. The molecule has 0 saturated heterocycles. The third kappa shape index (κ3) is 4.43. The van der Waals surface area contributed by atoms with Crippen LogP contribution in [0, 0.1) is 5.82 Å². The summed E-state index contributed by atoms with van der Waals surface area (Å²) in [5.74, 6) is 0.0890. The van der Waals surface area contributed by atoms with Gasteiger partial charge in [0.15, 0.2) is 0 Å². The number of carbonyl (C=O) groups excluding carboxylic acids is 1. The molecule has 1 atom stereocenters. The molecule has 1 amide bonds. The van der Waals surface area contributed by atoms with Gasteiger partial charge in [0.25, 0.3) is 0 Å². The Kier molecular flexibility index (Phi) is 5.92. The predicted octanol–water partition coefficient (Wildman–Crippen LogP) is 5.31. The summed E-state index contributed by atoms with van der Waals surface area (Å²) in [6, 6.07) is 22.9. The summed E-state index contributed by atoms with van der Waals surface area (Å²) in [7, 11) is 1.57. The fraction of sp³-hybridized carbons (Fsp3) is 0.0952. The lowest BCUT2D eigenvalue weighted by Gasteiger charge is -2.17. The molecule has 0 radical (unpaired) electrons. The predicted molar refractivity (Wildman–Crippen MR) is 103 cm³/mol. The summed E-state index contributed by atoms with van der Waals surface area (Å²) in [6.45, 7) is 0. The Bertz CT molecular complexity index is 886. The maximum absolute atomic E-state index is 14.1. The van der Waals surface area contributed by atoms with Crippen LogP contribution >= 0.6 is 11.8 Å². The number of thioether (sulfide) groups is 1. The highest BCUT2D eigenvalue weighted by Crippen LogP contribution is 2.37. The summed E-state index contributed by atoms with van der Waals surface area (Å²) < 4.78 is 19.3. The monoisotopic (exact) mass is 367 g/mol. The van der Waals surface area contributed by atoms with Gasteiger partial charge < -0.3 is 10.1 Å². The number of anilines is 1. The average Bonchev–Trinajstić information content (AvgIpc) is 2.68. The molecular formula is C21H18FNO2S. The summed E-state index contributed by atoms with van der Waals surface area (Å²) in [5, 5.41) is 2.31. The van der Waals surface area contributed by atoms with Gasteiger partial charge in [-0.3, -0.25) is 4.79 Å². The Balaban J connectivity index is 1.87. The Morgan fingerprint density at radius 2 is 1.73 bits per heavy atom. The van der Waals surface area contributed by atoms with Crippen molar-refractivity contribution in [3.05, 3.63) is 90.2 Å². The first-order valence-corrected chi connectivity index (χ1v) is 8.96. The maximum atomic E-state index is 14.1. The van der Waals surface area contributed by atoms with Crippen molar-refractivity contribution in [2.75, 3.05) is 12.4 Å². The molecule has 1 N–H and O–H groups in total. The molecule has 0 saturated carbocycles. The molecule has 3 rings (SSSR count). The topological polar surface area (TPSA) is 38.3 Å². The summed E-state index contributed by atoms with van der Waals surface area (Å²) in [4.78, 5) is 13.4. The molecule has 0 aliphatic heterocycles. The number of carbonyl (C=O) groups is 1. The van der Waals surface area contributed by atoms with Gasteiger partial charge in [-0.15, -0.1) is 11.8 Å². The quantitative estimate of drug-likeness (QED) is 0.600. The molecule has 0 unspecified atom stereocenters. The number of hydrogen-bond acceptors (Lipinski definition) is 3. The Labute approximate surface area is 156 Å². The molecule has 0 fully saturated rings. The lowest BCUT2D eigenvalue weighted by Crippen LogP contribution is -2.19. The van der Waals surface area contributed by atoms with Gasteiger partial charge >= 0.3 is 0 Å². The van der Waals surface area contributed by atoms with Crippen LogP contribution in [0.4, 0.5) is 10.1 Å². The standard InChI is InChI=1S/C21H18FNO2S/c1-25-17-11-7-10-16(14-17)23-21(24)20(15-8-3-2-4-9-15)26-19-13-6-5-12-18(19)22/h2-14,20H,1H3,(H,23,24)/t20-/m1/s1. The minimum atomic E-state index is -0.584. The van der Waals surface area contributed by atoms with Crippen LogP contribution in [0.25, 0.3) is 0 Å². The molecule has 3 nitrogen and oxygen atoms in total. The molecule has 26 heavy (non-hydrogen) atoms. The fourth-order valence-electron chi connectivity index (χ4n) is 2.48. The zero-order valence-electron chi connectivity index (χ0n) is 14.2. The van der Waals surface area contributed by atoms with E-state index in [2.05, 4.69) is 5.32 Å². The van der Waals surface area contributed by atoms with Crippen LogP contribution in [0.5, 0.6) is 5.75 Å². The Hall–Kier alpha value is -2.79. The van der Waals surface area contributed by atoms with Crippen molar-refractivity contribution in [3.8, 4) is 5.75 Å². The molecule has 0 heterocycles. The second-order valence-corrected chi connectivity index (χ2v) is 6.71. The smallest absolute Gasteiger partial charge is 0.242 e. The zero-order chi connectivity index (χ0) is 18.4. The number of amides is 1. The fourth-order valence-corrected chi connectivity index (χ4v) is 3.53. The lowest BCUT2D eigenvalue weighted by molar-refractivity contribution is -0.115. The third-order valence-electron chi connectivity index (χ3n) is 3.76. The Morgan fingerprint density at radius 1 is 1.00 bits per heavy atom. The van der Waals surface area contributed by atoms with Crippen LogP contribution in [0.3, 0.4) is 0 Å². The molecular weight excluding hydrogens is 349 g/mol. The number of rotatable bonds is 6. The van der Waals surface area contributed by atoms with Crippen LogP contribution in [0.2, 0.25) is 0 Å². The van der Waals surface area contributed by atoms with E-state index in [1.807, 2.05) is 30.3 Å². The van der Waals surface area contributed by atoms with Gasteiger partial charge in [-0.2, -0.15) is 0 Å². The molecule has 0 spiro atoms. The number of nitrogens with one attached hydrogen (secondary N) is 1. The highest BCUT2D eigenvalue weighted by atomic mass is 32.2.